The molecule has 0 radical (unpaired) electrons. The number of carboxylic acids is 1. The fourth-order valence-corrected chi connectivity index (χ4v) is 4.00. The molecule has 0 bridgehead atoms. The molecule has 2 fully saturated rings. The first-order valence-corrected chi connectivity index (χ1v) is 7.21. The smallest absolute Gasteiger partial charge is 0.317 e. The van der Waals surface area contributed by atoms with Crippen molar-refractivity contribution >= 4 is 23.7 Å². The van der Waals surface area contributed by atoms with Gasteiger partial charge in [0, 0.05) is 5.92 Å². The van der Waals surface area contributed by atoms with Crippen LogP contribution in [0.15, 0.2) is 0 Å². The first-order valence-electron chi connectivity index (χ1n) is 7.21. The van der Waals surface area contributed by atoms with E-state index in [1.54, 1.807) is 0 Å². The third-order valence-corrected chi connectivity index (χ3v) is 5.24. The van der Waals surface area contributed by atoms with Crippen molar-refractivity contribution in [2.45, 2.75) is 33.6 Å². The molecule has 1 saturated carbocycles. The molecule has 2 rings (SSSR count). The molecular formula is C15H20O6. The summed E-state index contributed by atoms with van der Waals surface area (Å²) >= 11 is 0. The van der Waals surface area contributed by atoms with Crippen molar-refractivity contribution in [1.82, 2.24) is 0 Å². The van der Waals surface area contributed by atoms with Crippen LogP contribution in [0.2, 0.25) is 0 Å². The monoisotopic (exact) mass is 296 g/mol. The summed E-state index contributed by atoms with van der Waals surface area (Å²) in [7, 11) is 0. The Labute approximate surface area is 122 Å². The SMILES string of the molecule is CC(=O)C1C(C(=O)O)CC(C2CC(=O)OC2=O)C(C)C1C. The van der Waals surface area contributed by atoms with Crippen LogP contribution in [-0.2, 0) is 23.9 Å². The van der Waals surface area contributed by atoms with Gasteiger partial charge in [0.05, 0.1) is 18.3 Å². The van der Waals surface area contributed by atoms with Gasteiger partial charge in [0.15, 0.2) is 0 Å². The number of cyclic esters (lactones) is 2. The highest BCUT2D eigenvalue weighted by molar-refractivity contribution is 5.95. The summed E-state index contributed by atoms with van der Waals surface area (Å²) in [6.45, 7) is 5.18. The predicted octanol–water partition coefficient (Wildman–Crippen LogP) is 1.27. The number of hydrogen-bond acceptors (Lipinski definition) is 5. The van der Waals surface area contributed by atoms with Gasteiger partial charge in [-0.1, -0.05) is 13.8 Å². The Morgan fingerprint density at radius 2 is 1.81 bits per heavy atom. The molecule has 1 heterocycles. The third kappa shape index (κ3) is 2.71. The predicted molar refractivity (Wildman–Crippen MR) is 70.9 cm³/mol. The molecule has 0 aromatic rings. The van der Waals surface area contributed by atoms with Gasteiger partial charge in [0.25, 0.3) is 0 Å². The largest absolute Gasteiger partial charge is 0.481 e. The Morgan fingerprint density at radius 1 is 1.19 bits per heavy atom. The first kappa shape index (κ1) is 15.7. The fraction of sp³-hybridized carbons (Fsp3) is 0.733. The maximum Gasteiger partial charge on any atom is 0.317 e. The Bertz CT molecular complexity index is 496. The van der Waals surface area contributed by atoms with E-state index in [4.69, 9.17) is 0 Å². The summed E-state index contributed by atoms with van der Waals surface area (Å²) < 4.78 is 4.59. The number of Topliss-reactive ketones (excluding diaryl/α,β-unsaturated/α-hetero) is 1. The molecule has 6 nitrogen and oxygen atoms in total. The summed E-state index contributed by atoms with van der Waals surface area (Å²) in [5.74, 6) is -4.59. The molecule has 6 unspecified atom stereocenters. The molecule has 21 heavy (non-hydrogen) atoms. The van der Waals surface area contributed by atoms with E-state index in [9.17, 15) is 24.3 Å². The number of carbonyl (C=O) groups is 4. The van der Waals surface area contributed by atoms with Crippen LogP contribution in [0.4, 0.5) is 0 Å². The first-order chi connectivity index (χ1) is 9.73. The molecular weight excluding hydrogens is 276 g/mol. The Balaban J connectivity index is 2.29. The van der Waals surface area contributed by atoms with Gasteiger partial charge in [-0.25, -0.2) is 0 Å². The van der Waals surface area contributed by atoms with Gasteiger partial charge in [-0.3, -0.25) is 19.2 Å². The van der Waals surface area contributed by atoms with Crippen molar-refractivity contribution in [3.8, 4) is 0 Å². The number of carbonyl (C=O) groups excluding carboxylic acids is 3. The van der Waals surface area contributed by atoms with Gasteiger partial charge in [0.2, 0.25) is 0 Å². The zero-order valence-corrected chi connectivity index (χ0v) is 12.4. The number of ketones is 1. The molecule has 2 aliphatic rings. The van der Waals surface area contributed by atoms with E-state index >= 15 is 0 Å². The van der Waals surface area contributed by atoms with E-state index < -0.39 is 35.7 Å². The van der Waals surface area contributed by atoms with E-state index in [0.717, 1.165) is 0 Å². The highest BCUT2D eigenvalue weighted by Crippen LogP contribution is 2.47. The van der Waals surface area contributed by atoms with Crippen molar-refractivity contribution in [2.75, 3.05) is 0 Å². The number of esters is 2. The minimum absolute atomic E-state index is 0.0115. The van der Waals surface area contributed by atoms with Gasteiger partial charge in [-0.2, -0.15) is 0 Å². The summed E-state index contributed by atoms with van der Waals surface area (Å²) in [5, 5.41) is 9.40. The molecule has 6 atom stereocenters. The van der Waals surface area contributed by atoms with E-state index in [1.807, 2.05) is 13.8 Å². The minimum Gasteiger partial charge on any atom is -0.481 e. The van der Waals surface area contributed by atoms with Gasteiger partial charge >= 0.3 is 17.9 Å². The zero-order valence-electron chi connectivity index (χ0n) is 12.4. The highest BCUT2D eigenvalue weighted by Gasteiger charge is 2.51. The lowest BCUT2D eigenvalue weighted by molar-refractivity contribution is -0.158. The van der Waals surface area contributed by atoms with E-state index in [2.05, 4.69) is 4.74 Å². The Morgan fingerprint density at radius 3 is 2.24 bits per heavy atom. The summed E-state index contributed by atoms with van der Waals surface area (Å²) in [6, 6.07) is 0. The van der Waals surface area contributed by atoms with Crippen LogP contribution in [0.1, 0.15) is 33.6 Å². The molecule has 1 saturated heterocycles. The molecule has 6 heteroatoms. The molecule has 0 spiro atoms. The second kappa shape index (κ2) is 5.58. The Kier molecular flexibility index (Phi) is 4.16. The third-order valence-electron chi connectivity index (χ3n) is 5.24. The second-order valence-corrected chi connectivity index (χ2v) is 6.30. The number of aliphatic carboxylic acids is 1. The molecule has 116 valence electrons. The average molecular weight is 296 g/mol. The number of rotatable bonds is 3. The number of ether oxygens (including phenoxy) is 1. The summed E-state index contributed by atoms with van der Waals surface area (Å²) in [4.78, 5) is 46.3. The van der Waals surface area contributed by atoms with Crippen LogP contribution < -0.4 is 0 Å². The van der Waals surface area contributed by atoms with Gasteiger partial charge < -0.3 is 9.84 Å². The second-order valence-electron chi connectivity index (χ2n) is 6.30. The van der Waals surface area contributed by atoms with Crippen molar-refractivity contribution in [1.29, 1.82) is 0 Å². The lowest BCUT2D eigenvalue weighted by Crippen LogP contribution is -2.46. The van der Waals surface area contributed by atoms with Crippen LogP contribution in [0.25, 0.3) is 0 Å². The van der Waals surface area contributed by atoms with Crippen molar-refractivity contribution in [3.63, 3.8) is 0 Å². The molecule has 1 aliphatic carbocycles. The van der Waals surface area contributed by atoms with E-state index in [1.165, 1.54) is 6.92 Å². The lowest BCUT2D eigenvalue weighted by atomic mass is 9.59. The van der Waals surface area contributed by atoms with Gasteiger partial charge in [-0.05, 0) is 31.1 Å². The minimum atomic E-state index is -1.02. The highest BCUT2D eigenvalue weighted by atomic mass is 16.6. The lowest BCUT2D eigenvalue weighted by Gasteiger charge is -2.43. The topological polar surface area (TPSA) is 97.7 Å². The van der Waals surface area contributed by atoms with E-state index in [0.29, 0.717) is 0 Å². The van der Waals surface area contributed by atoms with Crippen LogP contribution in [-0.4, -0.2) is 28.8 Å². The standard InChI is InChI=1S/C15H20O6/c1-6-7(2)13(8(3)16)11(14(18)19)4-9(6)10-5-12(17)21-15(10)20/h6-7,9-11,13H,4-5H2,1-3H3,(H,18,19). The fourth-order valence-electron chi connectivity index (χ4n) is 4.00. The Hall–Kier alpha value is -1.72. The maximum absolute atomic E-state index is 11.8. The quantitative estimate of drug-likeness (QED) is 0.622. The van der Waals surface area contributed by atoms with Crippen LogP contribution in [0.3, 0.4) is 0 Å². The molecule has 0 aromatic carbocycles. The van der Waals surface area contributed by atoms with Gasteiger partial charge in [0.1, 0.15) is 5.78 Å². The molecule has 1 N–H and O–H groups in total. The summed E-state index contributed by atoms with van der Waals surface area (Å²) in [6.07, 6.45) is 0.246. The van der Waals surface area contributed by atoms with Crippen LogP contribution >= 0.6 is 0 Å². The molecule has 0 aromatic heterocycles. The van der Waals surface area contributed by atoms with Crippen molar-refractivity contribution < 1.29 is 29.0 Å². The summed E-state index contributed by atoms with van der Waals surface area (Å²) in [5.41, 5.74) is 0. The van der Waals surface area contributed by atoms with Crippen LogP contribution in [0, 0.1) is 35.5 Å². The van der Waals surface area contributed by atoms with Gasteiger partial charge in [-0.15, -0.1) is 0 Å². The molecule has 0 amide bonds. The average Bonchev–Trinajstić information content (AvgIpc) is 2.70. The van der Waals surface area contributed by atoms with Crippen molar-refractivity contribution in [2.24, 2.45) is 35.5 Å². The molecule has 1 aliphatic heterocycles. The van der Waals surface area contributed by atoms with Crippen LogP contribution in [0.5, 0.6) is 0 Å². The maximum atomic E-state index is 11.8. The number of carboxylic acid groups (broad SMARTS) is 1. The zero-order chi connectivity index (χ0) is 15.9. The normalized spacial score (nSPS) is 40.0. The van der Waals surface area contributed by atoms with Crippen molar-refractivity contribution in [3.05, 3.63) is 0 Å². The van der Waals surface area contributed by atoms with E-state index in [-0.39, 0.29) is 36.4 Å². The number of hydrogen-bond donors (Lipinski definition) is 1.